The number of aromatic nitrogens is 4. The molecule has 1 saturated carbocycles. The van der Waals surface area contributed by atoms with Crippen LogP contribution in [0.5, 0.6) is 0 Å². The molecule has 1 unspecified atom stereocenters. The zero-order valence-electron chi connectivity index (χ0n) is 20.4. The molecule has 1 N–H and O–H groups in total. The molecule has 6 rings (SSSR count). The van der Waals surface area contributed by atoms with E-state index in [0.717, 1.165) is 43.9 Å². The molecule has 8 nitrogen and oxygen atoms in total. The van der Waals surface area contributed by atoms with Gasteiger partial charge in [-0.1, -0.05) is 42.0 Å². The smallest absolute Gasteiger partial charge is 0.333 e. The van der Waals surface area contributed by atoms with Gasteiger partial charge in [-0.05, 0) is 45.1 Å². The van der Waals surface area contributed by atoms with Crippen molar-refractivity contribution in [2.24, 2.45) is 5.92 Å². The number of imidazole rings is 1. The van der Waals surface area contributed by atoms with E-state index in [1.54, 1.807) is 4.57 Å². The van der Waals surface area contributed by atoms with Crippen LogP contribution in [0.3, 0.4) is 0 Å². The largest absolute Gasteiger partial charge is 0.389 e. The number of hydrogen-bond acceptors (Lipinski definition) is 5. The second kappa shape index (κ2) is 8.59. The summed E-state index contributed by atoms with van der Waals surface area (Å²) in [5, 5.41) is 3.36. The average Bonchev–Trinajstić information content (AvgIpc) is 3.25. The molecule has 3 aliphatic rings. The van der Waals surface area contributed by atoms with Crippen molar-refractivity contribution in [2.75, 3.05) is 18.0 Å². The Hall–Kier alpha value is -3.55. The Labute approximate surface area is 204 Å². The van der Waals surface area contributed by atoms with Gasteiger partial charge in [-0.25, -0.2) is 4.79 Å². The molecule has 0 radical (unpaired) electrons. The van der Waals surface area contributed by atoms with Crippen molar-refractivity contribution >= 4 is 17.1 Å². The number of benzene rings is 1. The first-order chi connectivity index (χ1) is 17.0. The van der Waals surface area contributed by atoms with Crippen LogP contribution in [0.15, 0.2) is 63.5 Å². The van der Waals surface area contributed by atoms with Crippen LogP contribution in [0.25, 0.3) is 11.2 Å². The summed E-state index contributed by atoms with van der Waals surface area (Å²) in [4.78, 5) is 34.8. The maximum Gasteiger partial charge on any atom is 0.333 e. The van der Waals surface area contributed by atoms with Gasteiger partial charge in [-0.3, -0.25) is 13.9 Å². The normalized spacial score (nSPS) is 19.1. The lowest BCUT2D eigenvalue weighted by molar-refractivity contribution is 0.572. The lowest BCUT2D eigenvalue weighted by Gasteiger charge is -2.19. The van der Waals surface area contributed by atoms with Gasteiger partial charge in [0.2, 0.25) is 5.95 Å². The molecule has 0 bridgehead atoms. The highest BCUT2D eigenvalue weighted by molar-refractivity contribution is 5.76. The van der Waals surface area contributed by atoms with Gasteiger partial charge in [0.05, 0.1) is 0 Å². The Kier molecular flexibility index (Phi) is 5.39. The van der Waals surface area contributed by atoms with E-state index in [-0.39, 0.29) is 17.3 Å². The Morgan fingerprint density at radius 1 is 1.11 bits per heavy atom. The number of rotatable bonds is 7. The molecule has 2 fully saturated rings. The molecule has 2 aromatic heterocycles. The average molecular weight is 473 g/mol. The van der Waals surface area contributed by atoms with Gasteiger partial charge in [0.1, 0.15) is 0 Å². The highest BCUT2D eigenvalue weighted by Gasteiger charge is 2.36. The highest BCUT2D eigenvalue weighted by atomic mass is 16.2. The van der Waals surface area contributed by atoms with E-state index in [0.29, 0.717) is 36.6 Å². The van der Waals surface area contributed by atoms with Crippen molar-refractivity contribution in [3.63, 3.8) is 0 Å². The zero-order valence-corrected chi connectivity index (χ0v) is 20.4. The number of nitrogens with one attached hydrogen (secondary N) is 1. The molecule has 1 atom stereocenters. The van der Waals surface area contributed by atoms with E-state index in [2.05, 4.69) is 36.3 Å². The molecule has 182 valence electrons. The summed E-state index contributed by atoms with van der Waals surface area (Å²) in [5.74, 6) is 1.24. The van der Waals surface area contributed by atoms with Crippen LogP contribution >= 0.6 is 0 Å². The Bertz CT molecular complexity index is 1450. The first kappa shape index (κ1) is 21.9. The Morgan fingerprint density at radius 3 is 2.66 bits per heavy atom. The maximum atomic E-state index is 13.9. The number of nitrogens with zero attached hydrogens (tertiary/aromatic N) is 5. The summed E-state index contributed by atoms with van der Waals surface area (Å²) in [6.45, 7) is 6.84. The number of aryl methyl sites for hydroxylation is 1. The van der Waals surface area contributed by atoms with Crippen LogP contribution in [0.2, 0.25) is 0 Å². The van der Waals surface area contributed by atoms with E-state index >= 15 is 0 Å². The van der Waals surface area contributed by atoms with E-state index < -0.39 is 0 Å². The van der Waals surface area contributed by atoms with Crippen LogP contribution in [0, 0.1) is 5.92 Å². The Balaban J connectivity index is 1.54. The third kappa shape index (κ3) is 3.81. The van der Waals surface area contributed by atoms with Crippen LogP contribution in [0.1, 0.15) is 44.7 Å². The van der Waals surface area contributed by atoms with Gasteiger partial charge in [0.25, 0.3) is 5.56 Å². The number of anilines is 1. The van der Waals surface area contributed by atoms with Crippen molar-refractivity contribution in [3.05, 3.63) is 80.3 Å². The van der Waals surface area contributed by atoms with Gasteiger partial charge in [0, 0.05) is 50.0 Å². The molecule has 3 aromatic rings. The predicted octanol–water partition coefficient (Wildman–Crippen LogP) is 3.17. The fraction of sp³-hybridized carbons (Fsp3) is 0.444. The number of fused-ring (bicyclic) bond motifs is 2. The molecule has 2 aliphatic heterocycles. The van der Waals surface area contributed by atoms with Crippen molar-refractivity contribution in [1.82, 2.24) is 24.0 Å². The van der Waals surface area contributed by atoms with Gasteiger partial charge < -0.3 is 14.8 Å². The number of hydrogen-bond donors (Lipinski definition) is 1. The van der Waals surface area contributed by atoms with E-state index in [1.165, 1.54) is 15.8 Å². The van der Waals surface area contributed by atoms with Crippen LogP contribution in [-0.2, 0) is 19.5 Å². The van der Waals surface area contributed by atoms with Gasteiger partial charge in [-0.15, -0.1) is 0 Å². The third-order valence-corrected chi connectivity index (χ3v) is 7.39. The quantitative estimate of drug-likeness (QED) is 0.535. The molecule has 1 aliphatic carbocycles. The first-order valence-corrected chi connectivity index (χ1v) is 12.7. The minimum Gasteiger partial charge on any atom is -0.389 e. The zero-order chi connectivity index (χ0) is 24.1. The van der Waals surface area contributed by atoms with Crippen LogP contribution < -0.4 is 21.5 Å². The second-order valence-electron chi connectivity index (χ2n) is 10.2. The third-order valence-electron chi connectivity index (χ3n) is 7.39. The van der Waals surface area contributed by atoms with Gasteiger partial charge in [-0.2, -0.15) is 4.98 Å². The Morgan fingerprint density at radius 2 is 1.91 bits per heavy atom. The van der Waals surface area contributed by atoms with Crippen LogP contribution in [0.4, 0.5) is 5.95 Å². The highest BCUT2D eigenvalue weighted by Crippen LogP contribution is 2.38. The topological polar surface area (TPSA) is 77.1 Å². The summed E-state index contributed by atoms with van der Waals surface area (Å²) in [6.07, 6.45) is 7.79. The number of allylic oxidation sites excluding steroid dienone is 2. The molecule has 1 saturated heterocycles. The molecule has 0 amide bonds. The maximum absolute atomic E-state index is 13.9. The van der Waals surface area contributed by atoms with Crippen molar-refractivity contribution in [3.8, 4) is 0 Å². The predicted molar refractivity (Wildman–Crippen MR) is 138 cm³/mol. The summed E-state index contributed by atoms with van der Waals surface area (Å²) in [6, 6.07) is 10.1. The molecular formula is C27H32N6O2. The molecule has 0 spiro atoms. The molecule has 8 heteroatoms. The van der Waals surface area contributed by atoms with E-state index in [1.807, 2.05) is 34.9 Å². The molecular weight excluding hydrogens is 440 g/mol. The summed E-state index contributed by atoms with van der Waals surface area (Å²) in [7, 11) is 0. The summed E-state index contributed by atoms with van der Waals surface area (Å²) >= 11 is 0. The minimum absolute atomic E-state index is 0.118. The van der Waals surface area contributed by atoms with Crippen LogP contribution in [-0.4, -0.2) is 31.8 Å². The molecule has 1 aromatic carbocycles. The monoisotopic (exact) mass is 472 g/mol. The first-order valence-electron chi connectivity index (χ1n) is 12.7. The summed E-state index contributed by atoms with van der Waals surface area (Å²) < 4.78 is 5.25. The standard InChI is InChI=1S/C27H32N6O2/c1-18(2)10-13-31-23-24(29-26(31)30-15-12-20-16-28-17-22(20)30)33(21-8-9-21)27(35)32(25(23)34)14-11-19-6-4-3-5-7-19/h3-7,10,17,20-21,28H,8-9,11-16H2,1-2H3. The lowest BCUT2D eigenvalue weighted by Crippen LogP contribution is -2.41. The molecule has 35 heavy (non-hydrogen) atoms. The van der Waals surface area contributed by atoms with Crippen molar-refractivity contribution in [1.29, 1.82) is 0 Å². The van der Waals surface area contributed by atoms with Gasteiger partial charge in [0.15, 0.2) is 11.2 Å². The van der Waals surface area contributed by atoms with Gasteiger partial charge >= 0.3 is 5.69 Å². The molecule has 4 heterocycles. The van der Waals surface area contributed by atoms with Crippen molar-refractivity contribution in [2.45, 2.75) is 58.7 Å². The SMILES string of the molecule is CC(C)=CCn1c(N2CCC3CNC=C32)nc2c1c(=O)n(CCc1ccccc1)c(=O)n2C1CC1. The van der Waals surface area contributed by atoms with E-state index in [9.17, 15) is 9.59 Å². The summed E-state index contributed by atoms with van der Waals surface area (Å²) in [5.41, 5.74) is 4.10. The fourth-order valence-corrected chi connectivity index (χ4v) is 5.35. The fourth-order valence-electron chi connectivity index (χ4n) is 5.35. The second-order valence-corrected chi connectivity index (χ2v) is 10.2. The van der Waals surface area contributed by atoms with E-state index in [4.69, 9.17) is 4.98 Å². The lowest BCUT2D eigenvalue weighted by atomic mass is 10.1. The minimum atomic E-state index is -0.243. The van der Waals surface area contributed by atoms with Crippen molar-refractivity contribution < 1.29 is 0 Å².